The summed E-state index contributed by atoms with van der Waals surface area (Å²) in [6.45, 7) is 5.97. The zero-order valence-electron chi connectivity index (χ0n) is 13.3. The number of fused-ring (bicyclic) bond motifs is 1. The molecule has 0 spiro atoms. The van der Waals surface area contributed by atoms with Crippen LogP contribution in [0.1, 0.15) is 13.8 Å². The van der Waals surface area contributed by atoms with E-state index in [1.54, 1.807) is 17.7 Å². The van der Waals surface area contributed by atoms with Crippen LogP contribution in [0.15, 0.2) is 42.7 Å². The molecular weight excluding hydrogens is 306 g/mol. The maximum atomic E-state index is 5.84. The molecule has 1 aliphatic rings. The zero-order valence-corrected chi connectivity index (χ0v) is 14.1. The van der Waals surface area contributed by atoms with Crippen molar-refractivity contribution in [1.82, 2.24) is 9.97 Å². The molecule has 1 aromatic carbocycles. The molecule has 0 N–H and O–H groups in total. The van der Waals surface area contributed by atoms with Gasteiger partial charge in [0.2, 0.25) is 0 Å². The monoisotopic (exact) mass is 325 g/mol. The summed E-state index contributed by atoms with van der Waals surface area (Å²) in [7, 11) is 0. The lowest BCUT2D eigenvalue weighted by atomic mass is 10.1. The Labute approximate surface area is 139 Å². The fourth-order valence-electron chi connectivity index (χ4n) is 3.19. The van der Waals surface area contributed by atoms with Gasteiger partial charge in [0.15, 0.2) is 0 Å². The molecule has 4 rings (SSSR count). The normalized spacial score (nSPS) is 21.7. The van der Waals surface area contributed by atoms with Crippen LogP contribution in [-0.4, -0.2) is 35.3 Å². The van der Waals surface area contributed by atoms with Gasteiger partial charge in [-0.15, -0.1) is 11.3 Å². The average molecular weight is 325 g/mol. The number of thiophene rings is 1. The Balaban J connectivity index is 1.77. The number of benzene rings is 1. The van der Waals surface area contributed by atoms with Crippen molar-refractivity contribution >= 4 is 27.4 Å². The molecule has 4 nitrogen and oxygen atoms in total. The van der Waals surface area contributed by atoms with Gasteiger partial charge in [-0.1, -0.05) is 30.3 Å². The van der Waals surface area contributed by atoms with Gasteiger partial charge in [0, 0.05) is 18.0 Å². The van der Waals surface area contributed by atoms with Gasteiger partial charge in [0.1, 0.15) is 17.0 Å². The van der Waals surface area contributed by atoms with E-state index >= 15 is 0 Å². The molecule has 0 bridgehead atoms. The van der Waals surface area contributed by atoms with E-state index in [1.165, 1.54) is 10.4 Å². The lowest BCUT2D eigenvalue weighted by Gasteiger charge is -2.36. The summed E-state index contributed by atoms with van der Waals surface area (Å²) in [5.41, 5.74) is 1.23. The second kappa shape index (κ2) is 5.91. The molecular formula is C18H19N3OS. The number of morpholine rings is 1. The van der Waals surface area contributed by atoms with Crippen molar-refractivity contribution in [3.8, 4) is 10.4 Å². The first-order valence-electron chi connectivity index (χ1n) is 7.91. The van der Waals surface area contributed by atoms with Crippen molar-refractivity contribution in [2.45, 2.75) is 26.1 Å². The predicted octanol–water partition coefficient (Wildman–Crippen LogP) is 3.97. The third-order valence-electron chi connectivity index (χ3n) is 4.09. The summed E-state index contributed by atoms with van der Waals surface area (Å²) in [6.07, 6.45) is 2.11. The van der Waals surface area contributed by atoms with E-state index in [0.717, 1.165) is 29.1 Å². The molecule has 1 fully saturated rings. The van der Waals surface area contributed by atoms with Crippen LogP contribution in [0, 0.1) is 0 Å². The van der Waals surface area contributed by atoms with Gasteiger partial charge in [-0.2, -0.15) is 0 Å². The second-order valence-corrected chi connectivity index (χ2v) is 7.09. The number of aromatic nitrogens is 2. The van der Waals surface area contributed by atoms with Gasteiger partial charge in [-0.3, -0.25) is 0 Å². The van der Waals surface area contributed by atoms with Crippen molar-refractivity contribution in [3.05, 3.63) is 42.7 Å². The highest BCUT2D eigenvalue weighted by molar-refractivity contribution is 7.21. The molecule has 2 aromatic heterocycles. The van der Waals surface area contributed by atoms with E-state index in [2.05, 4.69) is 59.0 Å². The topological polar surface area (TPSA) is 38.2 Å². The first-order valence-corrected chi connectivity index (χ1v) is 8.73. The summed E-state index contributed by atoms with van der Waals surface area (Å²) in [5.74, 6) is 1.02. The van der Waals surface area contributed by atoms with Gasteiger partial charge in [0.05, 0.1) is 17.6 Å². The molecule has 118 valence electrons. The molecule has 0 amide bonds. The quantitative estimate of drug-likeness (QED) is 0.714. The van der Waals surface area contributed by atoms with Crippen LogP contribution in [-0.2, 0) is 4.74 Å². The molecule has 1 aliphatic heterocycles. The number of hydrogen-bond acceptors (Lipinski definition) is 5. The Morgan fingerprint density at radius 1 is 1.09 bits per heavy atom. The third-order valence-corrected chi connectivity index (χ3v) is 5.18. The lowest BCUT2D eigenvalue weighted by Crippen LogP contribution is -2.45. The van der Waals surface area contributed by atoms with Crippen molar-refractivity contribution in [2.24, 2.45) is 0 Å². The Kier molecular flexibility index (Phi) is 3.75. The first-order chi connectivity index (χ1) is 11.2. The van der Waals surface area contributed by atoms with E-state index in [4.69, 9.17) is 4.74 Å². The van der Waals surface area contributed by atoms with E-state index in [-0.39, 0.29) is 12.2 Å². The Bertz CT molecular complexity index is 808. The first kappa shape index (κ1) is 14.6. The largest absolute Gasteiger partial charge is 0.372 e. The summed E-state index contributed by atoms with van der Waals surface area (Å²) in [4.78, 5) is 13.6. The number of rotatable bonds is 2. The minimum Gasteiger partial charge on any atom is -0.372 e. The van der Waals surface area contributed by atoms with Crippen molar-refractivity contribution < 1.29 is 4.74 Å². The summed E-state index contributed by atoms with van der Waals surface area (Å²) < 4.78 is 5.84. The molecule has 0 saturated carbocycles. The molecule has 5 heteroatoms. The smallest absolute Gasteiger partial charge is 0.140 e. The molecule has 1 saturated heterocycles. The van der Waals surface area contributed by atoms with Crippen molar-refractivity contribution in [3.63, 3.8) is 0 Å². The average Bonchev–Trinajstić information content (AvgIpc) is 2.99. The highest BCUT2D eigenvalue weighted by atomic mass is 32.1. The van der Waals surface area contributed by atoms with Crippen molar-refractivity contribution in [1.29, 1.82) is 0 Å². The molecule has 0 aliphatic carbocycles. The van der Waals surface area contributed by atoms with Gasteiger partial charge < -0.3 is 9.64 Å². The summed E-state index contributed by atoms with van der Waals surface area (Å²) in [6, 6.07) is 12.7. The standard InChI is InChI=1S/C18H19N3OS/c1-12-9-21(10-13(2)22-12)17-15-8-16(14-6-4-3-5-7-14)23-18(15)20-11-19-17/h3-8,11-13H,9-10H2,1-2H3/t12-,13+. The fourth-order valence-corrected chi connectivity index (χ4v) is 4.19. The van der Waals surface area contributed by atoms with Crippen LogP contribution in [0.4, 0.5) is 5.82 Å². The summed E-state index contributed by atoms with van der Waals surface area (Å²) in [5, 5.41) is 1.14. The van der Waals surface area contributed by atoms with E-state index < -0.39 is 0 Å². The fraction of sp³-hybridized carbons (Fsp3) is 0.333. The highest BCUT2D eigenvalue weighted by Gasteiger charge is 2.25. The van der Waals surface area contributed by atoms with Gasteiger partial charge in [0.25, 0.3) is 0 Å². The molecule has 2 atom stereocenters. The van der Waals surface area contributed by atoms with Crippen LogP contribution >= 0.6 is 11.3 Å². The summed E-state index contributed by atoms with van der Waals surface area (Å²) >= 11 is 1.72. The molecule has 3 aromatic rings. The maximum absolute atomic E-state index is 5.84. The van der Waals surface area contributed by atoms with Crippen molar-refractivity contribution in [2.75, 3.05) is 18.0 Å². The Morgan fingerprint density at radius 2 is 1.83 bits per heavy atom. The van der Waals surface area contributed by atoms with Crippen LogP contribution in [0.5, 0.6) is 0 Å². The van der Waals surface area contributed by atoms with Crippen LogP contribution < -0.4 is 4.90 Å². The van der Waals surface area contributed by atoms with E-state index in [0.29, 0.717) is 0 Å². The second-order valence-electron chi connectivity index (χ2n) is 6.06. The molecule has 0 unspecified atom stereocenters. The minimum absolute atomic E-state index is 0.219. The van der Waals surface area contributed by atoms with Crippen LogP contribution in [0.2, 0.25) is 0 Å². The Morgan fingerprint density at radius 3 is 2.57 bits per heavy atom. The third kappa shape index (κ3) is 2.82. The zero-order chi connectivity index (χ0) is 15.8. The van der Waals surface area contributed by atoms with Crippen LogP contribution in [0.3, 0.4) is 0 Å². The molecule has 0 radical (unpaired) electrons. The molecule has 3 heterocycles. The number of nitrogens with zero attached hydrogens (tertiary/aromatic N) is 3. The highest BCUT2D eigenvalue weighted by Crippen LogP contribution is 2.36. The SMILES string of the molecule is C[C@@H]1CN(c2ncnc3sc(-c4ccccc4)cc23)C[C@H](C)O1. The van der Waals surface area contributed by atoms with Gasteiger partial charge in [-0.25, -0.2) is 9.97 Å². The minimum atomic E-state index is 0.219. The number of hydrogen-bond donors (Lipinski definition) is 0. The lowest BCUT2D eigenvalue weighted by molar-refractivity contribution is -0.00537. The Hall–Kier alpha value is -1.98. The maximum Gasteiger partial charge on any atom is 0.140 e. The van der Waals surface area contributed by atoms with Gasteiger partial charge >= 0.3 is 0 Å². The van der Waals surface area contributed by atoms with Gasteiger partial charge in [-0.05, 0) is 25.5 Å². The van der Waals surface area contributed by atoms with Crippen LogP contribution in [0.25, 0.3) is 20.7 Å². The number of ether oxygens (including phenoxy) is 1. The predicted molar refractivity (Wildman–Crippen MR) is 95.1 cm³/mol. The molecule has 23 heavy (non-hydrogen) atoms. The van der Waals surface area contributed by atoms with E-state index in [9.17, 15) is 0 Å². The number of anilines is 1. The van der Waals surface area contributed by atoms with E-state index in [1.807, 2.05) is 6.07 Å².